The first kappa shape index (κ1) is 21.8. The number of ketones is 1. The molecular formula is C20H40O3Si. The molecule has 1 rings (SSSR count). The van der Waals surface area contributed by atoms with Gasteiger partial charge in [-0.2, -0.15) is 0 Å². The summed E-state index contributed by atoms with van der Waals surface area (Å²) in [4.78, 5) is 12.4. The third kappa shape index (κ3) is 5.15. The van der Waals surface area contributed by atoms with Crippen molar-refractivity contribution in [3.63, 3.8) is 0 Å². The van der Waals surface area contributed by atoms with Crippen LogP contribution >= 0.6 is 0 Å². The molecule has 1 saturated carbocycles. The maximum Gasteiger partial charge on any atom is 0.192 e. The monoisotopic (exact) mass is 356 g/mol. The van der Waals surface area contributed by atoms with Crippen LogP contribution in [0, 0.1) is 23.2 Å². The van der Waals surface area contributed by atoms with Crippen LogP contribution in [0.25, 0.3) is 0 Å². The minimum Gasteiger partial charge on any atom is -0.416 e. The molecule has 1 N–H and O–H groups in total. The molecule has 0 saturated heterocycles. The van der Waals surface area contributed by atoms with Crippen LogP contribution in [0.5, 0.6) is 0 Å². The second-order valence-electron chi connectivity index (χ2n) is 9.95. The van der Waals surface area contributed by atoms with Crippen LogP contribution in [0.1, 0.15) is 67.2 Å². The van der Waals surface area contributed by atoms with E-state index in [4.69, 9.17) is 4.43 Å². The maximum absolute atomic E-state index is 12.4. The summed E-state index contributed by atoms with van der Waals surface area (Å²) in [5.41, 5.74) is 0.191. The largest absolute Gasteiger partial charge is 0.416 e. The molecule has 4 heteroatoms. The number of hydrogen-bond acceptors (Lipinski definition) is 3. The number of Topliss-reactive ketones (excluding diaryl/α,β-unsaturated/α-hetero) is 1. The number of rotatable bonds is 7. The lowest BCUT2D eigenvalue weighted by atomic mass is 9.59. The first-order valence-electron chi connectivity index (χ1n) is 9.59. The molecule has 3 nitrogen and oxygen atoms in total. The standard InChI is InChI=1S/C20H40O3Si/c1-15(22)17(14-23-24(7,8)19(2,3)4)16-10-9-12-20(5,6)18(16)11-13-21/h16-18,21H,9-14H2,1-8H3/t16-,17+,18+/m1/s1. The number of hydrogen-bond donors (Lipinski definition) is 1. The molecule has 3 atom stereocenters. The Bertz CT molecular complexity index is 423. The van der Waals surface area contributed by atoms with Crippen molar-refractivity contribution in [1.29, 1.82) is 0 Å². The van der Waals surface area contributed by atoms with Gasteiger partial charge in [0.05, 0.1) is 0 Å². The van der Waals surface area contributed by atoms with Gasteiger partial charge in [0, 0.05) is 19.1 Å². The Morgan fingerprint density at radius 3 is 2.38 bits per heavy atom. The predicted octanol–water partition coefficient (Wildman–Crippen LogP) is 5.04. The Labute approximate surface area is 150 Å². The fourth-order valence-electron chi connectivity index (χ4n) is 4.04. The van der Waals surface area contributed by atoms with E-state index in [9.17, 15) is 9.90 Å². The molecule has 0 bridgehead atoms. The van der Waals surface area contributed by atoms with E-state index in [1.807, 2.05) is 0 Å². The highest BCUT2D eigenvalue weighted by atomic mass is 28.4. The molecule has 24 heavy (non-hydrogen) atoms. The van der Waals surface area contributed by atoms with Crippen molar-refractivity contribution in [2.24, 2.45) is 23.2 Å². The SMILES string of the molecule is CC(=O)[C@H](CO[Si](C)(C)C(C)(C)C)[C@H]1CCCC(C)(C)[C@H]1CCO. The summed E-state index contributed by atoms with van der Waals surface area (Å²) in [6.07, 6.45) is 4.23. The van der Waals surface area contributed by atoms with Gasteiger partial charge >= 0.3 is 0 Å². The molecule has 142 valence electrons. The van der Waals surface area contributed by atoms with E-state index >= 15 is 0 Å². The molecule has 1 aliphatic carbocycles. The second kappa shape index (κ2) is 8.01. The molecule has 0 unspecified atom stereocenters. The summed E-state index contributed by atoms with van der Waals surface area (Å²) in [5.74, 6) is 0.950. The van der Waals surface area contributed by atoms with Crippen molar-refractivity contribution in [2.45, 2.75) is 85.4 Å². The number of carbonyl (C=O) groups excluding carboxylic acids is 1. The van der Waals surface area contributed by atoms with E-state index in [1.54, 1.807) is 6.92 Å². The van der Waals surface area contributed by atoms with Crippen LogP contribution in [0.2, 0.25) is 18.1 Å². The molecule has 0 aromatic heterocycles. The quantitative estimate of drug-likeness (QED) is 0.650. The number of aliphatic hydroxyl groups is 1. The predicted molar refractivity (Wildman–Crippen MR) is 104 cm³/mol. The van der Waals surface area contributed by atoms with Gasteiger partial charge in [-0.1, -0.05) is 41.0 Å². The fourth-order valence-corrected chi connectivity index (χ4v) is 5.07. The lowest BCUT2D eigenvalue weighted by Crippen LogP contribution is -2.46. The summed E-state index contributed by atoms with van der Waals surface area (Å²) >= 11 is 0. The topological polar surface area (TPSA) is 46.5 Å². The molecule has 0 aromatic carbocycles. The van der Waals surface area contributed by atoms with Gasteiger partial charge in [-0.3, -0.25) is 4.79 Å². The summed E-state index contributed by atoms with van der Waals surface area (Å²) < 4.78 is 6.42. The summed E-state index contributed by atoms with van der Waals surface area (Å²) in [6.45, 7) is 18.3. The lowest BCUT2D eigenvalue weighted by Gasteiger charge is -2.47. The highest BCUT2D eigenvalue weighted by Crippen LogP contribution is 2.49. The highest BCUT2D eigenvalue weighted by Gasteiger charge is 2.44. The van der Waals surface area contributed by atoms with Gasteiger partial charge in [-0.05, 0) is 61.6 Å². The van der Waals surface area contributed by atoms with E-state index in [2.05, 4.69) is 47.7 Å². The molecule has 0 radical (unpaired) electrons. The Balaban J connectivity index is 2.96. The minimum absolute atomic E-state index is 0.0322. The van der Waals surface area contributed by atoms with Crippen molar-refractivity contribution < 1.29 is 14.3 Å². The smallest absolute Gasteiger partial charge is 0.192 e. The van der Waals surface area contributed by atoms with Crippen LogP contribution in [0.4, 0.5) is 0 Å². The van der Waals surface area contributed by atoms with Crippen LogP contribution in [0.15, 0.2) is 0 Å². The van der Waals surface area contributed by atoms with Crippen molar-refractivity contribution in [1.82, 2.24) is 0 Å². The third-order valence-corrected chi connectivity index (χ3v) is 11.3. The first-order chi connectivity index (χ1) is 10.8. The van der Waals surface area contributed by atoms with Gasteiger partial charge in [0.2, 0.25) is 0 Å². The fraction of sp³-hybridized carbons (Fsp3) is 0.950. The first-order valence-corrected chi connectivity index (χ1v) is 12.5. The van der Waals surface area contributed by atoms with Gasteiger partial charge in [0.15, 0.2) is 8.32 Å². The molecule has 0 spiro atoms. The van der Waals surface area contributed by atoms with E-state index in [-0.39, 0.29) is 28.8 Å². The van der Waals surface area contributed by atoms with Crippen molar-refractivity contribution in [2.75, 3.05) is 13.2 Å². The minimum atomic E-state index is -1.85. The number of carbonyl (C=O) groups is 1. The van der Waals surface area contributed by atoms with Crippen LogP contribution < -0.4 is 0 Å². The lowest BCUT2D eigenvalue weighted by molar-refractivity contribution is -0.126. The highest BCUT2D eigenvalue weighted by molar-refractivity contribution is 6.74. The Morgan fingerprint density at radius 1 is 1.33 bits per heavy atom. The third-order valence-electron chi connectivity index (χ3n) is 6.79. The number of aliphatic hydroxyl groups excluding tert-OH is 1. The Hall–Kier alpha value is -0.193. The molecule has 1 fully saturated rings. The van der Waals surface area contributed by atoms with Crippen molar-refractivity contribution in [3.8, 4) is 0 Å². The van der Waals surface area contributed by atoms with Gasteiger partial charge in [-0.25, -0.2) is 0 Å². The van der Waals surface area contributed by atoms with E-state index in [1.165, 1.54) is 12.8 Å². The average Bonchev–Trinajstić information content (AvgIpc) is 2.40. The van der Waals surface area contributed by atoms with E-state index in [0.717, 1.165) is 12.8 Å². The molecule has 1 aliphatic rings. The summed E-state index contributed by atoms with van der Waals surface area (Å²) in [5, 5.41) is 9.70. The van der Waals surface area contributed by atoms with Crippen molar-refractivity contribution in [3.05, 3.63) is 0 Å². The summed E-state index contributed by atoms with van der Waals surface area (Å²) in [7, 11) is -1.85. The van der Waals surface area contributed by atoms with Crippen LogP contribution in [-0.4, -0.2) is 32.4 Å². The maximum atomic E-state index is 12.4. The van der Waals surface area contributed by atoms with Gasteiger partial charge in [-0.15, -0.1) is 0 Å². The summed E-state index contributed by atoms with van der Waals surface area (Å²) in [6, 6.07) is 0. The molecule has 0 heterocycles. The van der Waals surface area contributed by atoms with Crippen molar-refractivity contribution >= 4 is 14.1 Å². The zero-order valence-corrected chi connectivity index (χ0v) is 18.2. The second-order valence-corrected chi connectivity index (χ2v) is 14.8. The molecule has 0 amide bonds. The van der Waals surface area contributed by atoms with Gasteiger partial charge in [0.1, 0.15) is 5.78 Å². The van der Waals surface area contributed by atoms with Gasteiger partial charge < -0.3 is 9.53 Å². The molecule has 0 aliphatic heterocycles. The Kier molecular flexibility index (Phi) is 7.29. The van der Waals surface area contributed by atoms with Crippen LogP contribution in [-0.2, 0) is 9.22 Å². The average molecular weight is 357 g/mol. The molecular weight excluding hydrogens is 316 g/mol. The van der Waals surface area contributed by atoms with E-state index in [0.29, 0.717) is 18.4 Å². The van der Waals surface area contributed by atoms with E-state index < -0.39 is 8.32 Å². The zero-order valence-electron chi connectivity index (χ0n) is 17.2. The normalized spacial score (nSPS) is 26.2. The zero-order chi connectivity index (χ0) is 18.8. The van der Waals surface area contributed by atoms with Gasteiger partial charge in [0.25, 0.3) is 0 Å². The van der Waals surface area contributed by atoms with Crippen LogP contribution in [0.3, 0.4) is 0 Å². The Morgan fingerprint density at radius 2 is 1.92 bits per heavy atom. The molecule has 0 aromatic rings.